The number of nitrogens with zero attached hydrogens (tertiary/aromatic N) is 2. The van der Waals surface area contributed by atoms with Gasteiger partial charge in [-0.05, 0) is 39.9 Å². The van der Waals surface area contributed by atoms with E-state index in [1.807, 2.05) is 36.4 Å². The van der Waals surface area contributed by atoms with Crippen molar-refractivity contribution in [3.05, 3.63) is 84.1 Å². The maximum absolute atomic E-state index is 6.33. The van der Waals surface area contributed by atoms with Gasteiger partial charge in [-0.25, -0.2) is 9.97 Å². The van der Waals surface area contributed by atoms with Gasteiger partial charge in [0, 0.05) is 16.3 Å². The number of furan rings is 1. The van der Waals surface area contributed by atoms with Crippen molar-refractivity contribution in [1.29, 1.82) is 0 Å². The van der Waals surface area contributed by atoms with Gasteiger partial charge in [0.15, 0.2) is 5.58 Å². The van der Waals surface area contributed by atoms with E-state index in [0.717, 1.165) is 38.2 Å². The monoisotopic (exact) mass is 380 g/mol. The van der Waals surface area contributed by atoms with E-state index < -0.39 is 0 Å². The van der Waals surface area contributed by atoms with Crippen molar-refractivity contribution in [3.8, 4) is 11.3 Å². The zero-order chi connectivity index (χ0) is 18.7. The first-order valence-corrected chi connectivity index (χ1v) is 9.42. The second-order valence-corrected chi connectivity index (χ2v) is 7.18. The SMILES string of the molecule is Clc1nc(-c2ccc3ccccc3c2)c2oc3c4ccccc4ccc3c2n1. The molecule has 28 heavy (non-hydrogen) atoms. The number of rotatable bonds is 1. The van der Waals surface area contributed by atoms with Gasteiger partial charge in [0.2, 0.25) is 5.28 Å². The molecule has 0 aliphatic carbocycles. The van der Waals surface area contributed by atoms with Crippen LogP contribution in [-0.4, -0.2) is 9.97 Å². The predicted molar refractivity (Wildman–Crippen MR) is 115 cm³/mol. The van der Waals surface area contributed by atoms with Crippen LogP contribution in [0.3, 0.4) is 0 Å². The molecule has 0 N–H and O–H groups in total. The lowest BCUT2D eigenvalue weighted by molar-refractivity contribution is 0.671. The Labute approximate surface area is 165 Å². The van der Waals surface area contributed by atoms with Crippen LogP contribution in [0.5, 0.6) is 0 Å². The smallest absolute Gasteiger partial charge is 0.223 e. The average Bonchev–Trinajstić information content (AvgIpc) is 3.12. The van der Waals surface area contributed by atoms with Crippen LogP contribution in [0.25, 0.3) is 54.9 Å². The summed E-state index contributed by atoms with van der Waals surface area (Å²) in [6, 6.07) is 26.8. The molecule has 0 fully saturated rings. The lowest BCUT2D eigenvalue weighted by Crippen LogP contribution is -1.89. The quantitative estimate of drug-likeness (QED) is 0.288. The fraction of sp³-hybridized carbons (Fsp3) is 0. The zero-order valence-corrected chi connectivity index (χ0v) is 15.4. The highest BCUT2D eigenvalue weighted by atomic mass is 35.5. The summed E-state index contributed by atoms with van der Waals surface area (Å²) in [5, 5.41) is 5.66. The molecule has 6 rings (SSSR count). The third-order valence-corrected chi connectivity index (χ3v) is 5.37. The van der Waals surface area contributed by atoms with Crippen LogP contribution in [-0.2, 0) is 0 Å². The van der Waals surface area contributed by atoms with E-state index in [9.17, 15) is 0 Å². The summed E-state index contributed by atoms with van der Waals surface area (Å²) in [5.41, 5.74) is 3.87. The molecule has 0 atom stereocenters. The Bertz CT molecular complexity index is 1530. The van der Waals surface area contributed by atoms with Gasteiger partial charge >= 0.3 is 0 Å². The molecular formula is C24H13ClN2O. The van der Waals surface area contributed by atoms with Gasteiger partial charge in [0.25, 0.3) is 0 Å². The fourth-order valence-corrected chi connectivity index (χ4v) is 4.05. The Morgan fingerprint density at radius 2 is 1.39 bits per heavy atom. The molecule has 0 radical (unpaired) electrons. The first-order chi connectivity index (χ1) is 13.8. The molecule has 0 saturated carbocycles. The van der Waals surface area contributed by atoms with Crippen molar-refractivity contribution in [2.45, 2.75) is 0 Å². The second-order valence-electron chi connectivity index (χ2n) is 6.85. The predicted octanol–water partition coefficient (Wildman–Crippen LogP) is 7.00. The topological polar surface area (TPSA) is 38.9 Å². The number of hydrogen-bond donors (Lipinski definition) is 0. The molecule has 0 bridgehead atoms. The van der Waals surface area contributed by atoms with Crippen LogP contribution in [0.15, 0.2) is 83.3 Å². The summed E-state index contributed by atoms with van der Waals surface area (Å²) in [6.07, 6.45) is 0. The van der Waals surface area contributed by atoms with Gasteiger partial charge in [0.05, 0.1) is 0 Å². The molecule has 2 heterocycles. The van der Waals surface area contributed by atoms with Gasteiger partial charge in [-0.15, -0.1) is 0 Å². The van der Waals surface area contributed by atoms with E-state index in [1.165, 1.54) is 5.39 Å². The molecule has 0 saturated heterocycles. The summed E-state index contributed by atoms with van der Waals surface area (Å²) in [4.78, 5) is 8.99. The minimum absolute atomic E-state index is 0.214. The van der Waals surface area contributed by atoms with Crippen molar-refractivity contribution < 1.29 is 4.42 Å². The number of hydrogen-bond acceptors (Lipinski definition) is 3. The van der Waals surface area contributed by atoms with Crippen molar-refractivity contribution in [1.82, 2.24) is 9.97 Å². The number of aromatic nitrogens is 2. The van der Waals surface area contributed by atoms with Gasteiger partial charge in [-0.2, -0.15) is 0 Å². The number of fused-ring (bicyclic) bond motifs is 6. The second kappa shape index (κ2) is 5.78. The lowest BCUT2D eigenvalue weighted by atomic mass is 10.0. The van der Waals surface area contributed by atoms with E-state index in [4.69, 9.17) is 16.0 Å². The lowest BCUT2D eigenvalue weighted by Gasteiger charge is -2.04. The third kappa shape index (κ3) is 2.23. The summed E-state index contributed by atoms with van der Waals surface area (Å²) in [7, 11) is 0. The Kier molecular flexibility index (Phi) is 3.22. The molecular weight excluding hydrogens is 368 g/mol. The summed E-state index contributed by atoms with van der Waals surface area (Å²) < 4.78 is 6.33. The molecule has 6 aromatic rings. The highest BCUT2D eigenvalue weighted by Crippen LogP contribution is 2.38. The Morgan fingerprint density at radius 3 is 2.29 bits per heavy atom. The Balaban J connectivity index is 1.73. The number of halogens is 1. The highest BCUT2D eigenvalue weighted by molar-refractivity contribution is 6.29. The maximum Gasteiger partial charge on any atom is 0.223 e. The van der Waals surface area contributed by atoms with Crippen molar-refractivity contribution in [2.24, 2.45) is 0 Å². The summed E-state index contributed by atoms with van der Waals surface area (Å²) in [6.45, 7) is 0. The van der Waals surface area contributed by atoms with E-state index in [-0.39, 0.29) is 5.28 Å². The molecule has 0 unspecified atom stereocenters. The first-order valence-electron chi connectivity index (χ1n) is 9.05. The first kappa shape index (κ1) is 15.6. The van der Waals surface area contributed by atoms with E-state index in [2.05, 4.69) is 52.4 Å². The largest absolute Gasteiger partial charge is 0.451 e. The van der Waals surface area contributed by atoms with Crippen LogP contribution in [0.2, 0.25) is 5.28 Å². The normalized spacial score (nSPS) is 11.8. The van der Waals surface area contributed by atoms with E-state index >= 15 is 0 Å². The third-order valence-electron chi connectivity index (χ3n) is 5.20. The molecule has 2 aromatic heterocycles. The van der Waals surface area contributed by atoms with E-state index in [1.54, 1.807) is 0 Å². The van der Waals surface area contributed by atoms with Gasteiger partial charge in [-0.1, -0.05) is 66.7 Å². The zero-order valence-electron chi connectivity index (χ0n) is 14.7. The van der Waals surface area contributed by atoms with Gasteiger partial charge in [0.1, 0.15) is 16.8 Å². The van der Waals surface area contributed by atoms with Gasteiger partial charge in [-0.3, -0.25) is 0 Å². The van der Waals surface area contributed by atoms with Crippen LogP contribution in [0.1, 0.15) is 0 Å². The molecule has 0 aliphatic rings. The highest BCUT2D eigenvalue weighted by Gasteiger charge is 2.18. The molecule has 0 spiro atoms. The van der Waals surface area contributed by atoms with Gasteiger partial charge < -0.3 is 4.42 Å². The number of benzene rings is 4. The molecule has 0 amide bonds. The minimum atomic E-state index is 0.214. The van der Waals surface area contributed by atoms with Crippen molar-refractivity contribution >= 4 is 55.2 Å². The summed E-state index contributed by atoms with van der Waals surface area (Å²) in [5.74, 6) is 0. The van der Waals surface area contributed by atoms with Crippen molar-refractivity contribution in [3.63, 3.8) is 0 Å². The fourth-order valence-electron chi connectivity index (χ4n) is 3.88. The minimum Gasteiger partial charge on any atom is -0.451 e. The maximum atomic E-state index is 6.33. The average molecular weight is 381 g/mol. The summed E-state index contributed by atoms with van der Waals surface area (Å²) >= 11 is 6.30. The Hall–Kier alpha value is -3.43. The van der Waals surface area contributed by atoms with Crippen LogP contribution in [0.4, 0.5) is 0 Å². The standard InChI is InChI=1S/C24H13ClN2O/c25-24-26-20(17-10-9-14-5-1-2-7-16(14)13-17)23-21(27-24)19-12-11-15-6-3-4-8-18(15)22(19)28-23/h1-13H. The van der Waals surface area contributed by atoms with Crippen LogP contribution < -0.4 is 0 Å². The Morgan fingerprint density at radius 1 is 0.643 bits per heavy atom. The van der Waals surface area contributed by atoms with Crippen LogP contribution in [0, 0.1) is 0 Å². The molecule has 132 valence electrons. The van der Waals surface area contributed by atoms with Crippen LogP contribution >= 0.6 is 11.6 Å². The van der Waals surface area contributed by atoms with E-state index in [0.29, 0.717) is 11.3 Å². The molecule has 4 aromatic carbocycles. The molecule has 0 aliphatic heterocycles. The molecule has 3 nitrogen and oxygen atoms in total. The molecule has 4 heteroatoms. The van der Waals surface area contributed by atoms with Crippen molar-refractivity contribution in [2.75, 3.05) is 0 Å².